The van der Waals surface area contributed by atoms with Crippen molar-refractivity contribution < 1.29 is 14.3 Å². The molecule has 1 aromatic heterocycles. The number of nitrogens with zero attached hydrogens (tertiary/aromatic N) is 4. The smallest absolute Gasteiger partial charge is 0.253 e. The van der Waals surface area contributed by atoms with Gasteiger partial charge in [0.25, 0.3) is 5.91 Å². The number of methoxy groups -OCH3 is 1. The Morgan fingerprint density at radius 2 is 1.90 bits per heavy atom. The highest BCUT2D eigenvalue weighted by Crippen LogP contribution is 2.30. The average Bonchev–Trinajstić information content (AvgIpc) is 3.33. The van der Waals surface area contributed by atoms with Crippen LogP contribution in [0.3, 0.4) is 0 Å². The van der Waals surface area contributed by atoms with Gasteiger partial charge >= 0.3 is 0 Å². The number of rotatable bonds is 6. The number of ether oxygens (including phenoxy) is 2. The molecular formula is C22H23ClN4O3. The Bertz CT molecular complexity index is 984. The van der Waals surface area contributed by atoms with Crippen molar-refractivity contribution in [3.63, 3.8) is 0 Å². The fourth-order valence-corrected chi connectivity index (χ4v) is 3.71. The van der Waals surface area contributed by atoms with Crippen molar-refractivity contribution >= 4 is 17.5 Å². The van der Waals surface area contributed by atoms with Gasteiger partial charge < -0.3 is 14.4 Å². The fourth-order valence-electron chi connectivity index (χ4n) is 3.58. The number of amides is 1. The average molecular weight is 427 g/mol. The van der Waals surface area contributed by atoms with Crippen LogP contribution in [0.1, 0.15) is 34.8 Å². The topological polar surface area (TPSA) is 69.5 Å². The van der Waals surface area contributed by atoms with E-state index in [4.69, 9.17) is 21.1 Å². The van der Waals surface area contributed by atoms with Gasteiger partial charge in [0, 0.05) is 23.7 Å². The molecular weight excluding hydrogens is 404 g/mol. The summed E-state index contributed by atoms with van der Waals surface area (Å²) in [6.07, 6.45) is 4.99. The predicted octanol–water partition coefficient (Wildman–Crippen LogP) is 4.00. The number of carbonyl (C=O) groups is 1. The molecule has 1 saturated heterocycles. The van der Waals surface area contributed by atoms with Crippen LogP contribution >= 0.6 is 11.6 Å². The maximum absolute atomic E-state index is 13.0. The van der Waals surface area contributed by atoms with E-state index in [1.807, 2.05) is 33.8 Å². The first-order valence-electron chi connectivity index (χ1n) is 9.82. The quantitative estimate of drug-likeness (QED) is 0.596. The van der Waals surface area contributed by atoms with Crippen LogP contribution in [0.15, 0.2) is 55.1 Å². The lowest BCUT2D eigenvalue weighted by Gasteiger charge is -2.32. The van der Waals surface area contributed by atoms with Crippen LogP contribution in [0, 0.1) is 0 Å². The van der Waals surface area contributed by atoms with Gasteiger partial charge in [-0.1, -0.05) is 23.7 Å². The molecule has 7 nitrogen and oxygen atoms in total. The van der Waals surface area contributed by atoms with Crippen molar-refractivity contribution in [1.82, 2.24) is 19.7 Å². The van der Waals surface area contributed by atoms with Crippen LogP contribution in [-0.2, 0) is 6.61 Å². The molecule has 3 aromatic rings. The Hall–Kier alpha value is -3.06. The third-order valence-corrected chi connectivity index (χ3v) is 5.53. The summed E-state index contributed by atoms with van der Waals surface area (Å²) in [5, 5.41) is 4.89. The molecule has 1 aliphatic rings. The molecule has 0 atom stereocenters. The summed E-state index contributed by atoms with van der Waals surface area (Å²) >= 11 is 5.92. The number of aromatic nitrogens is 3. The van der Waals surface area contributed by atoms with E-state index in [0.29, 0.717) is 41.8 Å². The number of benzene rings is 2. The van der Waals surface area contributed by atoms with Crippen molar-refractivity contribution in [1.29, 1.82) is 0 Å². The van der Waals surface area contributed by atoms with Gasteiger partial charge in [0.05, 0.1) is 13.2 Å². The summed E-state index contributed by atoms with van der Waals surface area (Å²) in [5.74, 6) is 1.12. The Morgan fingerprint density at radius 1 is 1.13 bits per heavy atom. The summed E-state index contributed by atoms with van der Waals surface area (Å²) in [6.45, 7) is 1.75. The standard InChI is InChI=1S/C22H23ClN4O3/c1-29-21-12-17(4-7-20(21)30-13-16-2-5-18(23)6-3-16)22(28)26-10-8-19(9-11-26)27-15-24-14-25-27/h2-7,12,14-15,19H,8-11,13H2,1H3. The molecule has 30 heavy (non-hydrogen) atoms. The summed E-state index contributed by atoms with van der Waals surface area (Å²) in [6, 6.07) is 13.1. The van der Waals surface area contributed by atoms with E-state index in [-0.39, 0.29) is 11.9 Å². The molecule has 0 saturated carbocycles. The third-order valence-electron chi connectivity index (χ3n) is 5.28. The molecule has 1 fully saturated rings. The summed E-state index contributed by atoms with van der Waals surface area (Å²) in [7, 11) is 1.57. The van der Waals surface area contributed by atoms with E-state index in [9.17, 15) is 4.79 Å². The summed E-state index contributed by atoms with van der Waals surface area (Å²) < 4.78 is 13.2. The minimum atomic E-state index is -0.00501. The van der Waals surface area contributed by atoms with Gasteiger partial charge in [-0.25, -0.2) is 9.67 Å². The van der Waals surface area contributed by atoms with Gasteiger partial charge in [0.2, 0.25) is 0 Å². The van der Waals surface area contributed by atoms with Gasteiger partial charge in [-0.05, 0) is 48.7 Å². The molecule has 0 radical (unpaired) electrons. The van der Waals surface area contributed by atoms with E-state index >= 15 is 0 Å². The van der Waals surface area contributed by atoms with E-state index in [2.05, 4.69) is 10.1 Å². The second-order valence-electron chi connectivity index (χ2n) is 7.18. The second-order valence-corrected chi connectivity index (χ2v) is 7.62. The Morgan fingerprint density at radius 3 is 2.57 bits per heavy atom. The van der Waals surface area contributed by atoms with E-state index in [1.165, 1.54) is 0 Å². The summed E-state index contributed by atoms with van der Waals surface area (Å²) in [4.78, 5) is 18.8. The SMILES string of the molecule is COc1cc(C(=O)N2CCC(n3cncn3)CC2)ccc1OCc1ccc(Cl)cc1. The highest BCUT2D eigenvalue weighted by Gasteiger charge is 2.25. The molecule has 2 aromatic carbocycles. The normalized spacial score (nSPS) is 14.5. The Balaban J connectivity index is 1.39. The lowest BCUT2D eigenvalue weighted by molar-refractivity contribution is 0.0689. The van der Waals surface area contributed by atoms with Crippen LogP contribution in [-0.4, -0.2) is 45.8 Å². The van der Waals surface area contributed by atoms with Crippen molar-refractivity contribution in [2.45, 2.75) is 25.5 Å². The molecule has 0 aliphatic carbocycles. The first-order chi connectivity index (χ1) is 14.6. The molecule has 0 unspecified atom stereocenters. The highest BCUT2D eigenvalue weighted by atomic mass is 35.5. The number of hydrogen-bond acceptors (Lipinski definition) is 5. The molecule has 1 amide bonds. The molecule has 8 heteroatoms. The van der Waals surface area contributed by atoms with Gasteiger partial charge in [0.15, 0.2) is 11.5 Å². The van der Waals surface area contributed by atoms with Crippen LogP contribution in [0.25, 0.3) is 0 Å². The number of carbonyl (C=O) groups excluding carboxylic acids is 1. The van der Waals surface area contributed by atoms with Crippen LogP contribution < -0.4 is 9.47 Å². The van der Waals surface area contributed by atoms with Crippen molar-refractivity contribution in [3.8, 4) is 11.5 Å². The minimum Gasteiger partial charge on any atom is -0.493 e. The van der Waals surface area contributed by atoms with Crippen molar-refractivity contribution in [3.05, 3.63) is 71.3 Å². The number of halogens is 1. The molecule has 0 spiro atoms. The monoisotopic (exact) mass is 426 g/mol. The molecule has 0 N–H and O–H groups in total. The Kier molecular flexibility index (Phi) is 6.18. The third kappa shape index (κ3) is 4.57. The lowest BCUT2D eigenvalue weighted by atomic mass is 10.0. The van der Waals surface area contributed by atoms with Gasteiger partial charge in [0.1, 0.15) is 19.3 Å². The fraction of sp³-hybridized carbons (Fsp3) is 0.318. The van der Waals surface area contributed by atoms with Gasteiger partial charge in [-0.15, -0.1) is 0 Å². The predicted molar refractivity (Wildman–Crippen MR) is 113 cm³/mol. The van der Waals surface area contributed by atoms with Crippen LogP contribution in [0.5, 0.6) is 11.5 Å². The Labute approximate surface area is 180 Å². The minimum absolute atomic E-state index is 0.00501. The maximum atomic E-state index is 13.0. The molecule has 0 bridgehead atoms. The number of piperidine rings is 1. The highest BCUT2D eigenvalue weighted by molar-refractivity contribution is 6.30. The zero-order valence-corrected chi connectivity index (χ0v) is 17.5. The summed E-state index contributed by atoms with van der Waals surface area (Å²) in [5.41, 5.74) is 1.58. The molecule has 4 rings (SSSR count). The van der Waals surface area contributed by atoms with Gasteiger partial charge in [-0.3, -0.25) is 4.79 Å². The van der Waals surface area contributed by atoms with E-state index in [1.54, 1.807) is 38.0 Å². The zero-order valence-electron chi connectivity index (χ0n) is 16.7. The molecule has 2 heterocycles. The van der Waals surface area contributed by atoms with E-state index in [0.717, 1.165) is 18.4 Å². The van der Waals surface area contributed by atoms with Gasteiger partial charge in [-0.2, -0.15) is 5.10 Å². The first kappa shape index (κ1) is 20.2. The second kappa shape index (κ2) is 9.17. The zero-order chi connectivity index (χ0) is 20.9. The molecule has 156 valence electrons. The van der Waals surface area contributed by atoms with E-state index < -0.39 is 0 Å². The number of likely N-dealkylation sites (tertiary alicyclic amines) is 1. The largest absolute Gasteiger partial charge is 0.493 e. The van der Waals surface area contributed by atoms with Crippen molar-refractivity contribution in [2.24, 2.45) is 0 Å². The lowest BCUT2D eigenvalue weighted by Crippen LogP contribution is -2.39. The number of hydrogen-bond donors (Lipinski definition) is 0. The molecule has 1 aliphatic heterocycles. The maximum Gasteiger partial charge on any atom is 0.253 e. The van der Waals surface area contributed by atoms with Crippen LogP contribution in [0.4, 0.5) is 0 Å². The van der Waals surface area contributed by atoms with Crippen molar-refractivity contribution in [2.75, 3.05) is 20.2 Å². The van der Waals surface area contributed by atoms with Crippen LogP contribution in [0.2, 0.25) is 5.02 Å². The first-order valence-corrected chi connectivity index (χ1v) is 10.2.